The maximum absolute atomic E-state index is 13.0. The molecule has 1 fully saturated rings. The Kier molecular flexibility index (Phi) is 4.79. The van der Waals surface area contributed by atoms with Crippen molar-refractivity contribution in [1.29, 1.82) is 0 Å². The Labute approximate surface area is 158 Å². The van der Waals surface area contributed by atoms with E-state index in [2.05, 4.69) is 39.0 Å². The van der Waals surface area contributed by atoms with Crippen molar-refractivity contribution in [1.82, 2.24) is 19.6 Å². The summed E-state index contributed by atoms with van der Waals surface area (Å²) in [5, 5.41) is 3.92. The lowest BCUT2D eigenvalue weighted by atomic mass is 9.96. The van der Waals surface area contributed by atoms with Crippen molar-refractivity contribution in [2.24, 2.45) is 0 Å². The molecule has 6 heteroatoms. The summed E-state index contributed by atoms with van der Waals surface area (Å²) in [6.07, 6.45) is 5.89. The van der Waals surface area contributed by atoms with E-state index in [4.69, 9.17) is 4.52 Å². The Morgan fingerprint density at radius 3 is 2.81 bits per heavy atom. The van der Waals surface area contributed by atoms with Crippen LogP contribution in [0.2, 0.25) is 0 Å². The Balaban J connectivity index is 1.52. The molecule has 3 heterocycles. The monoisotopic (exact) mass is 364 g/mol. The minimum Gasteiger partial charge on any atom is -0.361 e. The van der Waals surface area contributed by atoms with Crippen LogP contribution < -0.4 is 0 Å². The molecular weight excluding hydrogens is 340 g/mol. The molecule has 1 aliphatic rings. The number of hydrogen-bond acceptors (Lipinski definition) is 4. The summed E-state index contributed by atoms with van der Waals surface area (Å²) in [7, 11) is 0. The van der Waals surface area contributed by atoms with Gasteiger partial charge in [-0.05, 0) is 32.3 Å². The summed E-state index contributed by atoms with van der Waals surface area (Å²) in [6.45, 7) is 5.84. The van der Waals surface area contributed by atoms with E-state index in [9.17, 15) is 4.79 Å². The number of carbonyl (C=O) groups is 1. The molecule has 1 saturated heterocycles. The lowest BCUT2D eigenvalue weighted by Gasteiger charge is -2.32. The molecule has 1 atom stereocenters. The van der Waals surface area contributed by atoms with Gasteiger partial charge in [-0.1, -0.05) is 35.5 Å². The summed E-state index contributed by atoms with van der Waals surface area (Å²) < 4.78 is 7.38. The molecule has 4 rings (SSSR count). The summed E-state index contributed by atoms with van der Waals surface area (Å²) >= 11 is 0. The molecule has 1 amide bonds. The normalized spacial score (nSPS) is 17.3. The van der Waals surface area contributed by atoms with E-state index in [0.29, 0.717) is 23.6 Å². The van der Waals surface area contributed by atoms with Crippen LogP contribution in [-0.4, -0.2) is 38.6 Å². The number of piperidine rings is 1. The van der Waals surface area contributed by atoms with Crippen molar-refractivity contribution in [3.63, 3.8) is 0 Å². The number of hydrogen-bond donors (Lipinski definition) is 0. The van der Waals surface area contributed by atoms with Crippen molar-refractivity contribution in [3.05, 3.63) is 71.1 Å². The SMILES string of the molecule is Cc1noc(C)c1C(=O)N1CCC[C@H](c2nccn2Cc2ccccc2)C1. The molecule has 27 heavy (non-hydrogen) atoms. The number of rotatable bonds is 4. The third-order valence-corrected chi connectivity index (χ3v) is 5.26. The summed E-state index contributed by atoms with van der Waals surface area (Å²) in [5.41, 5.74) is 2.50. The van der Waals surface area contributed by atoms with Gasteiger partial charge in [0.2, 0.25) is 0 Å². The Bertz CT molecular complexity index is 909. The van der Waals surface area contributed by atoms with Gasteiger partial charge in [0.05, 0.1) is 5.69 Å². The lowest BCUT2D eigenvalue weighted by Crippen LogP contribution is -2.40. The highest BCUT2D eigenvalue weighted by atomic mass is 16.5. The van der Waals surface area contributed by atoms with Crippen molar-refractivity contribution >= 4 is 5.91 Å². The Morgan fingerprint density at radius 1 is 1.26 bits per heavy atom. The number of imidazole rings is 1. The molecule has 0 aliphatic carbocycles. The standard InChI is InChI=1S/C21H24N4O2/c1-15-19(16(2)27-23-15)21(26)25-11-6-9-18(14-25)20-22-10-12-24(20)13-17-7-4-3-5-8-17/h3-5,7-8,10,12,18H,6,9,11,13-14H2,1-2H3/t18-/m0/s1. The highest BCUT2D eigenvalue weighted by Crippen LogP contribution is 2.28. The smallest absolute Gasteiger partial charge is 0.259 e. The fourth-order valence-corrected chi connectivity index (χ4v) is 3.91. The summed E-state index contributed by atoms with van der Waals surface area (Å²) in [6, 6.07) is 10.4. The van der Waals surface area contributed by atoms with E-state index in [1.807, 2.05) is 30.3 Å². The summed E-state index contributed by atoms with van der Waals surface area (Å²) in [4.78, 5) is 19.5. The molecule has 0 unspecified atom stereocenters. The second kappa shape index (κ2) is 7.39. The first-order valence-electron chi connectivity index (χ1n) is 9.40. The van der Waals surface area contributed by atoms with Gasteiger partial charge in [-0.3, -0.25) is 4.79 Å². The van der Waals surface area contributed by atoms with E-state index >= 15 is 0 Å². The fraction of sp³-hybridized carbons (Fsp3) is 0.381. The molecule has 0 radical (unpaired) electrons. The van der Waals surface area contributed by atoms with Crippen LogP contribution in [0.25, 0.3) is 0 Å². The van der Waals surface area contributed by atoms with Gasteiger partial charge in [0.15, 0.2) is 0 Å². The second-order valence-corrected chi connectivity index (χ2v) is 7.19. The fourth-order valence-electron chi connectivity index (χ4n) is 3.91. The predicted octanol–water partition coefficient (Wildman–Crippen LogP) is 3.56. The number of likely N-dealkylation sites (tertiary alicyclic amines) is 1. The van der Waals surface area contributed by atoms with E-state index < -0.39 is 0 Å². The van der Waals surface area contributed by atoms with E-state index in [0.717, 1.165) is 31.8 Å². The first-order chi connectivity index (χ1) is 13.1. The number of aromatic nitrogens is 3. The van der Waals surface area contributed by atoms with Crippen molar-refractivity contribution in [3.8, 4) is 0 Å². The average Bonchev–Trinajstić information content (AvgIpc) is 3.28. The first kappa shape index (κ1) is 17.5. The van der Waals surface area contributed by atoms with Crippen molar-refractivity contribution in [2.75, 3.05) is 13.1 Å². The van der Waals surface area contributed by atoms with Crippen LogP contribution in [0.4, 0.5) is 0 Å². The van der Waals surface area contributed by atoms with Gasteiger partial charge in [-0.25, -0.2) is 4.98 Å². The van der Waals surface area contributed by atoms with E-state index in [1.165, 1.54) is 5.56 Å². The number of carbonyl (C=O) groups excluding carboxylic acids is 1. The quantitative estimate of drug-likeness (QED) is 0.710. The van der Waals surface area contributed by atoms with Crippen molar-refractivity contribution < 1.29 is 9.32 Å². The number of benzene rings is 1. The van der Waals surface area contributed by atoms with Crippen LogP contribution in [0.1, 0.15) is 52.0 Å². The van der Waals surface area contributed by atoms with Crippen LogP contribution in [0.3, 0.4) is 0 Å². The molecule has 3 aromatic rings. The largest absolute Gasteiger partial charge is 0.361 e. The third kappa shape index (κ3) is 3.52. The average molecular weight is 364 g/mol. The van der Waals surface area contributed by atoms with Crippen LogP contribution >= 0.6 is 0 Å². The first-order valence-corrected chi connectivity index (χ1v) is 9.40. The molecule has 1 aliphatic heterocycles. The zero-order chi connectivity index (χ0) is 18.8. The number of nitrogens with zero attached hydrogens (tertiary/aromatic N) is 4. The van der Waals surface area contributed by atoms with Crippen LogP contribution in [0.15, 0.2) is 47.2 Å². The Morgan fingerprint density at radius 2 is 2.07 bits per heavy atom. The van der Waals surface area contributed by atoms with Crippen molar-refractivity contribution in [2.45, 2.75) is 39.2 Å². The van der Waals surface area contributed by atoms with Gasteiger partial charge >= 0.3 is 0 Å². The molecule has 0 N–H and O–H groups in total. The minimum absolute atomic E-state index is 0.0112. The van der Waals surface area contributed by atoms with Gasteiger partial charge in [-0.2, -0.15) is 0 Å². The van der Waals surface area contributed by atoms with Gasteiger partial charge in [0.1, 0.15) is 17.1 Å². The molecule has 0 saturated carbocycles. The van der Waals surface area contributed by atoms with E-state index in [1.54, 1.807) is 6.92 Å². The van der Waals surface area contributed by atoms with Crippen LogP contribution in [0.5, 0.6) is 0 Å². The van der Waals surface area contributed by atoms with E-state index in [-0.39, 0.29) is 11.8 Å². The maximum atomic E-state index is 13.0. The topological polar surface area (TPSA) is 64.2 Å². The van der Waals surface area contributed by atoms with Gasteiger partial charge < -0.3 is 14.0 Å². The summed E-state index contributed by atoms with van der Waals surface area (Å²) in [5.74, 6) is 1.89. The zero-order valence-corrected chi connectivity index (χ0v) is 15.8. The molecule has 1 aromatic carbocycles. The zero-order valence-electron chi connectivity index (χ0n) is 15.8. The molecular formula is C21H24N4O2. The van der Waals surface area contributed by atoms with Gasteiger partial charge in [0.25, 0.3) is 5.91 Å². The Hall–Kier alpha value is -2.89. The van der Waals surface area contributed by atoms with Gasteiger partial charge in [-0.15, -0.1) is 0 Å². The highest BCUT2D eigenvalue weighted by molar-refractivity contribution is 5.96. The molecule has 6 nitrogen and oxygen atoms in total. The molecule has 0 spiro atoms. The molecule has 140 valence electrons. The lowest BCUT2D eigenvalue weighted by molar-refractivity contribution is 0.0701. The third-order valence-electron chi connectivity index (χ3n) is 5.26. The molecule has 0 bridgehead atoms. The minimum atomic E-state index is 0.0112. The predicted molar refractivity (Wildman–Crippen MR) is 102 cm³/mol. The van der Waals surface area contributed by atoms with Gasteiger partial charge in [0, 0.05) is 37.9 Å². The highest BCUT2D eigenvalue weighted by Gasteiger charge is 2.30. The molecule has 2 aromatic heterocycles. The van der Waals surface area contributed by atoms with Crippen LogP contribution in [-0.2, 0) is 6.54 Å². The van der Waals surface area contributed by atoms with Crippen LogP contribution in [0, 0.1) is 13.8 Å². The maximum Gasteiger partial charge on any atom is 0.259 e. The number of aryl methyl sites for hydroxylation is 2. The second-order valence-electron chi connectivity index (χ2n) is 7.19. The number of amides is 1.